The van der Waals surface area contributed by atoms with E-state index in [0.29, 0.717) is 12.2 Å². The van der Waals surface area contributed by atoms with Crippen molar-refractivity contribution in [3.63, 3.8) is 0 Å². The van der Waals surface area contributed by atoms with Gasteiger partial charge in [-0.3, -0.25) is 4.98 Å². The summed E-state index contributed by atoms with van der Waals surface area (Å²) in [7, 11) is 1.97. The molecule has 0 radical (unpaired) electrons. The lowest BCUT2D eigenvalue weighted by Gasteiger charge is -2.14. The van der Waals surface area contributed by atoms with Crippen LogP contribution in [0.3, 0.4) is 0 Å². The molecule has 110 valence electrons. The number of carboxylic acid groups (broad SMARTS) is 1. The standard InChI is InChI=1S/C13H20N4O3/c1-3-17(2)7-6-15-13(20)16-9-11-8-10(12(18)19)4-5-14-11/h4-5,8H,3,6-7,9H2,1-2H3,(H,18,19)(H2,15,16,20). The van der Waals surface area contributed by atoms with Crippen molar-refractivity contribution in [2.75, 3.05) is 26.7 Å². The second kappa shape index (κ2) is 8.11. The number of aromatic carboxylic acids is 1. The molecule has 7 heteroatoms. The summed E-state index contributed by atoms with van der Waals surface area (Å²) in [5.41, 5.74) is 0.660. The van der Waals surface area contributed by atoms with Crippen LogP contribution in [0.25, 0.3) is 0 Å². The van der Waals surface area contributed by atoms with Crippen LogP contribution in [0.15, 0.2) is 18.3 Å². The van der Waals surface area contributed by atoms with Gasteiger partial charge in [-0.15, -0.1) is 0 Å². The largest absolute Gasteiger partial charge is 0.478 e. The Hall–Kier alpha value is -2.15. The number of urea groups is 1. The number of aromatic nitrogens is 1. The van der Waals surface area contributed by atoms with Crippen molar-refractivity contribution in [1.29, 1.82) is 0 Å². The van der Waals surface area contributed by atoms with E-state index in [1.165, 1.54) is 18.3 Å². The van der Waals surface area contributed by atoms with Gasteiger partial charge < -0.3 is 20.6 Å². The van der Waals surface area contributed by atoms with Crippen molar-refractivity contribution in [3.05, 3.63) is 29.6 Å². The lowest BCUT2D eigenvalue weighted by atomic mass is 10.2. The molecule has 1 rings (SSSR count). The number of amides is 2. The Morgan fingerprint density at radius 3 is 2.80 bits per heavy atom. The number of nitrogens with zero attached hydrogens (tertiary/aromatic N) is 2. The Balaban J connectivity index is 2.34. The van der Waals surface area contributed by atoms with Crippen LogP contribution in [0, 0.1) is 0 Å². The van der Waals surface area contributed by atoms with Crippen molar-refractivity contribution in [3.8, 4) is 0 Å². The molecule has 0 spiro atoms. The first-order valence-corrected chi connectivity index (χ1v) is 6.41. The Bertz CT molecular complexity index is 465. The zero-order valence-electron chi connectivity index (χ0n) is 11.7. The molecule has 0 aliphatic rings. The molecule has 0 aliphatic heterocycles. The zero-order valence-corrected chi connectivity index (χ0v) is 11.7. The predicted octanol–water partition coefficient (Wildman–Crippen LogP) is 0.531. The van der Waals surface area contributed by atoms with Gasteiger partial charge in [0.25, 0.3) is 0 Å². The quantitative estimate of drug-likeness (QED) is 0.677. The number of hydrogen-bond acceptors (Lipinski definition) is 4. The van der Waals surface area contributed by atoms with Gasteiger partial charge >= 0.3 is 12.0 Å². The summed E-state index contributed by atoms with van der Waals surface area (Å²) in [5, 5.41) is 14.2. The van der Waals surface area contributed by atoms with Crippen LogP contribution < -0.4 is 10.6 Å². The second-order valence-electron chi connectivity index (χ2n) is 4.35. The minimum Gasteiger partial charge on any atom is -0.478 e. The Kier molecular flexibility index (Phi) is 6.45. The van der Waals surface area contributed by atoms with Crippen LogP contribution in [-0.4, -0.2) is 53.7 Å². The number of hydrogen-bond donors (Lipinski definition) is 3. The van der Waals surface area contributed by atoms with Gasteiger partial charge in [0, 0.05) is 19.3 Å². The number of nitrogens with one attached hydrogen (secondary N) is 2. The van der Waals surface area contributed by atoms with Crippen molar-refractivity contribution < 1.29 is 14.7 Å². The SMILES string of the molecule is CCN(C)CCNC(=O)NCc1cc(C(=O)O)ccn1. The average molecular weight is 280 g/mol. The van der Waals surface area contributed by atoms with Crippen LogP contribution >= 0.6 is 0 Å². The first kappa shape index (κ1) is 15.9. The van der Waals surface area contributed by atoms with E-state index < -0.39 is 5.97 Å². The highest BCUT2D eigenvalue weighted by Gasteiger charge is 2.05. The van der Waals surface area contributed by atoms with Crippen LogP contribution in [0.4, 0.5) is 4.79 Å². The fourth-order valence-electron chi connectivity index (χ4n) is 1.46. The first-order valence-electron chi connectivity index (χ1n) is 6.41. The van der Waals surface area contributed by atoms with Gasteiger partial charge in [-0.05, 0) is 25.7 Å². The lowest BCUT2D eigenvalue weighted by Crippen LogP contribution is -2.39. The first-order chi connectivity index (χ1) is 9.52. The minimum atomic E-state index is -1.01. The highest BCUT2D eigenvalue weighted by molar-refractivity contribution is 5.87. The monoisotopic (exact) mass is 280 g/mol. The highest BCUT2D eigenvalue weighted by Crippen LogP contribution is 2.01. The predicted molar refractivity (Wildman–Crippen MR) is 74.6 cm³/mol. The molecule has 3 N–H and O–H groups in total. The number of pyridine rings is 1. The Labute approximate surface area is 118 Å². The lowest BCUT2D eigenvalue weighted by molar-refractivity contribution is 0.0696. The van der Waals surface area contributed by atoms with E-state index in [1.807, 2.05) is 14.0 Å². The third-order valence-electron chi connectivity index (χ3n) is 2.81. The summed E-state index contributed by atoms with van der Waals surface area (Å²) < 4.78 is 0. The molecule has 0 bridgehead atoms. The summed E-state index contributed by atoms with van der Waals surface area (Å²) in [4.78, 5) is 28.4. The summed E-state index contributed by atoms with van der Waals surface area (Å²) in [5.74, 6) is -1.01. The van der Waals surface area contributed by atoms with Gasteiger partial charge in [0.1, 0.15) is 0 Å². The van der Waals surface area contributed by atoms with E-state index in [9.17, 15) is 9.59 Å². The molecule has 0 atom stereocenters. The summed E-state index contributed by atoms with van der Waals surface area (Å²) in [6.45, 7) is 4.49. The maximum absolute atomic E-state index is 11.5. The number of carboxylic acids is 1. The maximum atomic E-state index is 11.5. The van der Waals surface area contributed by atoms with E-state index >= 15 is 0 Å². The van der Waals surface area contributed by atoms with Crippen LogP contribution in [-0.2, 0) is 6.54 Å². The number of rotatable bonds is 7. The summed E-state index contributed by atoms with van der Waals surface area (Å²) in [6, 6.07) is 2.55. The van der Waals surface area contributed by atoms with Gasteiger partial charge in [-0.1, -0.05) is 6.92 Å². The Morgan fingerprint density at radius 2 is 2.15 bits per heavy atom. The van der Waals surface area contributed by atoms with Gasteiger partial charge in [0.2, 0.25) is 0 Å². The number of carbonyl (C=O) groups is 2. The molecular formula is C13H20N4O3. The summed E-state index contributed by atoms with van der Waals surface area (Å²) in [6.07, 6.45) is 1.41. The molecule has 2 amide bonds. The molecule has 20 heavy (non-hydrogen) atoms. The van der Waals surface area contributed by atoms with Gasteiger partial charge in [0.15, 0.2) is 0 Å². The summed E-state index contributed by atoms with van der Waals surface area (Å²) >= 11 is 0. The fourth-order valence-corrected chi connectivity index (χ4v) is 1.46. The molecule has 0 fully saturated rings. The van der Waals surface area contributed by atoms with E-state index in [2.05, 4.69) is 20.5 Å². The van der Waals surface area contributed by atoms with Crippen LogP contribution in [0.1, 0.15) is 23.0 Å². The topological polar surface area (TPSA) is 94.6 Å². The molecule has 0 aliphatic carbocycles. The van der Waals surface area contributed by atoms with Crippen molar-refractivity contribution in [2.24, 2.45) is 0 Å². The van der Waals surface area contributed by atoms with Crippen molar-refractivity contribution in [1.82, 2.24) is 20.5 Å². The van der Waals surface area contributed by atoms with Crippen molar-refractivity contribution >= 4 is 12.0 Å². The minimum absolute atomic E-state index is 0.154. The van der Waals surface area contributed by atoms with E-state index in [0.717, 1.165) is 13.1 Å². The smallest absolute Gasteiger partial charge is 0.335 e. The molecule has 1 aromatic heterocycles. The molecular weight excluding hydrogens is 260 g/mol. The fraction of sp³-hybridized carbons (Fsp3) is 0.462. The van der Waals surface area contributed by atoms with Gasteiger partial charge in [-0.25, -0.2) is 9.59 Å². The van der Waals surface area contributed by atoms with E-state index in [-0.39, 0.29) is 18.1 Å². The molecule has 1 aromatic rings. The van der Waals surface area contributed by atoms with Gasteiger partial charge in [0.05, 0.1) is 17.8 Å². The van der Waals surface area contributed by atoms with Crippen LogP contribution in [0.2, 0.25) is 0 Å². The molecule has 0 aromatic carbocycles. The van der Waals surface area contributed by atoms with E-state index in [1.54, 1.807) is 0 Å². The van der Waals surface area contributed by atoms with Gasteiger partial charge in [-0.2, -0.15) is 0 Å². The van der Waals surface area contributed by atoms with E-state index in [4.69, 9.17) is 5.11 Å². The molecule has 0 saturated carbocycles. The zero-order chi connectivity index (χ0) is 15.0. The normalized spacial score (nSPS) is 10.3. The van der Waals surface area contributed by atoms with Crippen molar-refractivity contribution in [2.45, 2.75) is 13.5 Å². The third-order valence-corrected chi connectivity index (χ3v) is 2.81. The maximum Gasteiger partial charge on any atom is 0.335 e. The Morgan fingerprint density at radius 1 is 1.40 bits per heavy atom. The highest BCUT2D eigenvalue weighted by atomic mass is 16.4. The molecule has 1 heterocycles. The second-order valence-corrected chi connectivity index (χ2v) is 4.35. The molecule has 0 saturated heterocycles. The molecule has 0 unspecified atom stereocenters. The third kappa shape index (κ3) is 5.66. The van der Waals surface area contributed by atoms with Crippen LogP contribution in [0.5, 0.6) is 0 Å². The molecule has 7 nitrogen and oxygen atoms in total. The average Bonchev–Trinajstić information content (AvgIpc) is 2.45. The number of carbonyl (C=O) groups excluding carboxylic acids is 1. The number of likely N-dealkylation sites (N-methyl/N-ethyl adjacent to an activating group) is 1.